The normalized spacial score (nSPS) is 16.7. The van der Waals surface area contributed by atoms with Crippen molar-refractivity contribution in [1.29, 1.82) is 0 Å². The number of hydrogen-bond donors (Lipinski definition) is 10. The molecule has 51 heteroatoms. The van der Waals surface area contributed by atoms with Gasteiger partial charge in [0.25, 0.3) is 21.9 Å². The summed E-state index contributed by atoms with van der Waals surface area (Å²) < 4.78 is 154. The van der Waals surface area contributed by atoms with Crippen LogP contribution in [-0.2, 0) is 93.2 Å². The Morgan fingerprint density at radius 1 is 0.846 bits per heavy atom. The fraction of sp³-hybridized carbons (Fsp3) is 0.472. The van der Waals surface area contributed by atoms with Gasteiger partial charge in [-0.05, 0) is 90.7 Å². The Morgan fingerprint density at radius 2 is 1.62 bits per heavy atom. The van der Waals surface area contributed by atoms with Gasteiger partial charge in [0, 0.05) is 156 Å². The van der Waals surface area contributed by atoms with E-state index in [0.29, 0.717) is 73.3 Å². The number of nitrogens with one attached hydrogen (secondary N) is 4. The van der Waals surface area contributed by atoms with Crippen LogP contribution in [0.4, 0.5) is 11.5 Å². The second-order valence-electron chi connectivity index (χ2n) is 27.8. The Hall–Kier alpha value is -9.33. The Bertz CT molecular complexity index is 5580. The fourth-order valence-corrected chi connectivity index (χ4v) is 19.6. The second-order valence-corrected chi connectivity index (χ2v) is 38.0. The molecule has 6 aromatic rings. The number of aryl methyl sites for hydroxylation is 2. The van der Waals surface area contributed by atoms with Crippen molar-refractivity contribution in [3.05, 3.63) is 156 Å². The predicted molar refractivity (Wildman–Crippen MR) is 445 cm³/mol. The molecule has 2 aromatic heterocycles. The quantitative estimate of drug-likeness (QED) is 0.00288. The monoisotopic (exact) mass is 1850 g/mol. The first-order valence-corrected chi connectivity index (χ1v) is 48.4. The summed E-state index contributed by atoms with van der Waals surface area (Å²) in [6.45, 7) is 0.303. The van der Waals surface area contributed by atoms with Gasteiger partial charge >= 0.3 is 23.5 Å². The third-order valence-corrected chi connectivity index (χ3v) is 26.8. The maximum atomic E-state index is 14.6. The van der Waals surface area contributed by atoms with Crippen LogP contribution in [0.1, 0.15) is 106 Å². The Balaban J connectivity index is 0.598. The van der Waals surface area contributed by atoms with Crippen molar-refractivity contribution in [1.82, 2.24) is 45.3 Å². The largest absolute Gasteiger partial charge is 0.748 e. The molecule has 4 aliphatic heterocycles. The molecule has 0 spiro atoms. The van der Waals surface area contributed by atoms with E-state index in [0.717, 1.165) is 70.5 Å². The number of anilines is 2. The molecule has 11 N–H and O–H groups in total. The van der Waals surface area contributed by atoms with Gasteiger partial charge in [0.05, 0.1) is 65.4 Å². The molecule has 0 bridgehead atoms. The number of nitrogens with two attached hydrogens (primary N) is 1. The Labute approximate surface area is 712 Å². The van der Waals surface area contributed by atoms with E-state index in [-0.39, 0.29) is 135 Å². The maximum absolute atomic E-state index is 14.6. The smallest absolute Gasteiger partial charge is 0.490 e. The van der Waals surface area contributed by atoms with Gasteiger partial charge in [0.1, 0.15) is 80.4 Å². The van der Waals surface area contributed by atoms with Crippen molar-refractivity contribution >= 4 is 123 Å². The minimum Gasteiger partial charge on any atom is -0.748 e. The van der Waals surface area contributed by atoms with E-state index in [9.17, 15) is 78.9 Å². The summed E-state index contributed by atoms with van der Waals surface area (Å²) in [6.07, 6.45) is 2.14. The van der Waals surface area contributed by atoms with Crippen molar-refractivity contribution in [2.24, 2.45) is 10.2 Å². The van der Waals surface area contributed by atoms with E-state index in [4.69, 9.17) is 54.0 Å². The van der Waals surface area contributed by atoms with Gasteiger partial charge in [0.15, 0.2) is 6.23 Å². The molecule has 6 heterocycles. The van der Waals surface area contributed by atoms with E-state index >= 15 is 0 Å². The minimum atomic E-state index is -5.84. The number of phosphoric ester groups is 1. The molecule has 0 saturated carbocycles. The van der Waals surface area contributed by atoms with Crippen LogP contribution in [0.5, 0.6) is 17.2 Å². The molecule has 6 atom stereocenters. The van der Waals surface area contributed by atoms with E-state index in [1.54, 1.807) is 42.3 Å². The van der Waals surface area contributed by atoms with Crippen LogP contribution >= 0.6 is 45.1 Å². The molecule has 10 rings (SSSR count). The molecule has 0 radical (unpaired) electrons. The number of amides is 5. The molecule has 0 aliphatic carbocycles. The zero-order valence-electron chi connectivity index (χ0n) is 66.0. The first-order valence-electron chi connectivity index (χ1n) is 38.2. The first kappa shape index (κ1) is 95.9. The number of aromatic nitrogens is 3. The SMILES string of the molecule is CN(CCCC(=O)NCCSSCCC(=O)NCCNC(=O)c1cccc(OCC(N=[N+]=[N-])OCCOCC(=O)NCC#Cc2cn([C@H]3CC(OCN=[N+]=[N-])[C@@H](COP(=O)(O)OP(=O)(O)OP(=O)(O)O)O3)c3ncnc(N)c23)c1)C(=O)c1ccccc1C1=c2cc3c(cc2Oc2cc4c(cc21)CCCN4CCCS(=O)(=O)O)=[N+](CCCS(=O)(=O)[O-])CCC3. The summed E-state index contributed by atoms with van der Waals surface area (Å²) in [6, 6.07) is 21.5. The summed E-state index contributed by atoms with van der Waals surface area (Å²) in [4.78, 5) is 121. The number of benzene rings is 4. The number of hydrogen-bond acceptors (Lipinski definition) is 30. The molecule has 664 valence electrons. The molecule has 1 fully saturated rings. The number of carbonyl (C=O) groups excluding carboxylic acids is 5. The van der Waals surface area contributed by atoms with E-state index in [2.05, 4.69) is 93.4 Å². The number of azide groups is 2. The highest BCUT2D eigenvalue weighted by molar-refractivity contribution is 8.76. The van der Waals surface area contributed by atoms with Gasteiger partial charge in [0.2, 0.25) is 23.1 Å². The van der Waals surface area contributed by atoms with Gasteiger partial charge < -0.3 is 93.9 Å². The molecule has 4 aliphatic rings. The van der Waals surface area contributed by atoms with Crippen LogP contribution in [0, 0.1) is 11.8 Å². The number of ether oxygens (including phenoxy) is 6. The third kappa shape index (κ3) is 29.4. The maximum Gasteiger partial charge on any atom is 0.490 e. The molecule has 123 heavy (non-hydrogen) atoms. The van der Waals surface area contributed by atoms with Crippen LogP contribution in [0.25, 0.3) is 37.5 Å². The number of carbonyl (C=O) groups is 5. The lowest BCUT2D eigenvalue weighted by Gasteiger charge is -2.33. The topological polar surface area (TPSA) is 624 Å². The van der Waals surface area contributed by atoms with Crippen molar-refractivity contribution in [2.75, 3.05) is 139 Å². The molecule has 1 saturated heterocycles. The summed E-state index contributed by atoms with van der Waals surface area (Å²) in [5.41, 5.74) is 30.4. The molecular formula is C72H90N17O27P3S4. The van der Waals surface area contributed by atoms with Crippen molar-refractivity contribution < 1.29 is 125 Å². The standard InChI is InChI=1S/C72H90N17O27P3S4/c1-86(72(94)53-17-3-2-16-52(53)68-54-36-47-13-6-25-87(27-9-33-122(102,103)104)56(47)38-58(54)113-59-39-57-48(37-55(59)68)14-7-26-88(57)28-10-34-123(105,106)107)24-8-18-62(90)78-23-32-121-120-31-19-63(91)77-21-22-79-71(93)49-11-4-15-51(35-49)110-44-65(83-85-75)109-30-29-108-43-64(92)76-20-5-12-50-41-89(70-67(50)69(73)80-45-81-70)66-40-60(111-46-82-84-74)61(114-66)42-112-118(98,99)116-119(100,101)115-117(95,96)97/h2-4,11,15-17,35-39,41,45,60-61,65-66H,6-10,13-14,18-34,40,42-44,46H2,1H3,(H11-,73,76,77,78,79,80,81,90,91,92,93,95,96,97,98,99,100,101,102,103,104,105,106,107)/t60?,61-,65?,66-/m1/s1. The van der Waals surface area contributed by atoms with Crippen LogP contribution in [0.2, 0.25) is 0 Å². The first-order chi connectivity index (χ1) is 58.6. The van der Waals surface area contributed by atoms with Crippen LogP contribution in [-0.4, -0.2) is 242 Å². The van der Waals surface area contributed by atoms with Crippen LogP contribution in [0.15, 0.2) is 95.5 Å². The fourth-order valence-electron chi connectivity index (χ4n) is 13.7. The van der Waals surface area contributed by atoms with Crippen LogP contribution < -0.4 is 56.5 Å². The lowest BCUT2D eigenvalue weighted by molar-refractivity contribution is -0.126. The second kappa shape index (κ2) is 45.0. The van der Waals surface area contributed by atoms with Crippen LogP contribution in [0.3, 0.4) is 0 Å². The average molecular weight is 1850 g/mol. The zero-order chi connectivity index (χ0) is 88.5. The predicted octanol–water partition coefficient (Wildman–Crippen LogP) is 4.56. The van der Waals surface area contributed by atoms with Gasteiger partial charge in [-0.2, -0.15) is 17.0 Å². The van der Waals surface area contributed by atoms with E-state index in [1.165, 1.54) is 38.4 Å². The molecule has 44 nitrogen and oxygen atoms in total. The molecule has 5 amide bonds. The summed E-state index contributed by atoms with van der Waals surface area (Å²) >= 11 is 0. The number of nitrogen functional groups attached to an aromatic ring is 1. The number of fused-ring (bicyclic) bond motifs is 5. The van der Waals surface area contributed by atoms with Crippen molar-refractivity contribution in [2.45, 2.75) is 88.9 Å². The number of phosphoric acid groups is 3. The molecule has 4 aromatic carbocycles. The van der Waals surface area contributed by atoms with Gasteiger partial charge in [-0.15, -0.1) is 0 Å². The summed E-state index contributed by atoms with van der Waals surface area (Å²) in [5.74, 6) is 5.36. The highest BCUT2D eigenvalue weighted by atomic mass is 33.1. The number of nitrogens with zero attached hydrogens (tertiary/aromatic N) is 12. The molecule has 4 unspecified atom stereocenters. The third-order valence-electron chi connectivity index (χ3n) is 19.0. The minimum absolute atomic E-state index is 0.00608. The van der Waals surface area contributed by atoms with Gasteiger partial charge in [-0.1, -0.05) is 67.9 Å². The Kier molecular flexibility index (Phi) is 35.1. The Morgan fingerprint density at radius 3 is 2.40 bits per heavy atom. The van der Waals surface area contributed by atoms with Crippen molar-refractivity contribution in [3.8, 4) is 29.1 Å². The summed E-state index contributed by atoms with van der Waals surface area (Å²) in [5, 5.41) is 19.8. The average Bonchev–Trinajstić information content (AvgIpc) is 1.50. The lowest BCUT2D eigenvalue weighted by Crippen LogP contribution is -2.40. The van der Waals surface area contributed by atoms with Gasteiger partial charge in [-0.25, -0.2) is 36.7 Å². The van der Waals surface area contributed by atoms with E-state index < -0.39 is 106 Å². The van der Waals surface area contributed by atoms with E-state index in [1.807, 2.05) is 24.3 Å². The van der Waals surface area contributed by atoms with Gasteiger partial charge in [-0.3, -0.25) is 33.0 Å². The van der Waals surface area contributed by atoms with Crippen molar-refractivity contribution in [3.63, 3.8) is 0 Å². The zero-order valence-corrected chi connectivity index (χ0v) is 72.0. The molecular weight excluding hydrogens is 1760 g/mol. The number of rotatable bonds is 47. The lowest BCUT2D eigenvalue weighted by atomic mass is 9.86. The summed E-state index contributed by atoms with van der Waals surface area (Å²) in [7, 11) is -21.0. The highest BCUT2D eigenvalue weighted by Crippen LogP contribution is 2.66. The highest BCUT2D eigenvalue weighted by Gasteiger charge is 2.44.